The van der Waals surface area contributed by atoms with Crippen molar-refractivity contribution in [2.45, 2.75) is 242 Å². The summed E-state index contributed by atoms with van der Waals surface area (Å²) in [4.78, 5) is 187. The van der Waals surface area contributed by atoms with Gasteiger partial charge in [-0.1, -0.05) is 169 Å². The number of thioether (sulfide) groups is 1. The number of ether oxygens (including phenoxy) is 2. The van der Waals surface area contributed by atoms with Crippen molar-refractivity contribution >= 4 is 94.6 Å². The maximum Gasteiger partial charge on any atom is 0.408 e. The molecule has 6 aromatic carbocycles. The van der Waals surface area contributed by atoms with E-state index in [2.05, 4.69) is 49.5 Å². The van der Waals surface area contributed by atoms with Crippen LogP contribution in [0.1, 0.15) is 166 Å². The van der Waals surface area contributed by atoms with Crippen LogP contribution in [0, 0.1) is 23.7 Å². The van der Waals surface area contributed by atoms with Gasteiger partial charge in [0.25, 0.3) is 5.91 Å². The monoisotopic (exact) mass is 1830 g/mol. The van der Waals surface area contributed by atoms with Crippen LogP contribution in [0.25, 0.3) is 22.3 Å². The molecule has 3 heterocycles. The molecule has 0 spiro atoms. The first kappa shape index (κ1) is 103. The Morgan fingerprint density at radius 3 is 1.84 bits per heavy atom. The van der Waals surface area contributed by atoms with Crippen molar-refractivity contribution in [2.24, 2.45) is 23.7 Å². The predicted molar refractivity (Wildman–Crippen MR) is 488 cm³/mol. The zero-order valence-corrected chi connectivity index (χ0v) is 75.5. The quantitative estimate of drug-likeness (QED) is 0.0130. The van der Waals surface area contributed by atoms with E-state index in [0.717, 1.165) is 89.1 Å². The Balaban J connectivity index is 0.0000215. The number of hydrogen-bond donors (Lipinski definition) is 17. The molecule has 3 fully saturated rings. The lowest BCUT2D eigenvalue weighted by Crippen LogP contribution is -2.61. The molecule has 17 N–H and O–H groups in total. The van der Waals surface area contributed by atoms with Crippen molar-refractivity contribution in [1.82, 2.24) is 47.0 Å². The Bertz CT molecular complexity index is 4850. The van der Waals surface area contributed by atoms with Crippen molar-refractivity contribution in [2.75, 3.05) is 37.0 Å². The number of Topliss-reactive ketones (excluding diaryl/α,β-unsaturated/α-hetero) is 3. The molecule has 19 atom stereocenters. The number of aliphatic hydroxyl groups is 8. The Morgan fingerprint density at radius 1 is 0.634 bits per heavy atom. The highest BCUT2D eigenvalue weighted by atomic mass is 32.2. The minimum atomic E-state index is -2.50. The molecular formula is C96H126N10O24S. The van der Waals surface area contributed by atoms with E-state index in [1.807, 2.05) is 68.6 Å². The summed E-state index contributed by atoms with van der Waals surface area (Å²) in [6, 6.07) is 28.9. The van der Waals surface area contributed by atoms with Gasteiger partial charge in [0.15, 0.2) is 23.6 Å². The predicted octanol–water partition coefficient (Wildman–Crippen LogP) is 5.38. The fourth-order valence-electron chi connectivity index (χ4n) is 16.3. The molecule has 6 aromatic rings. The number of aliphatic hydroxyl groups excluding tert-OH is 8. The first-order valence-electron chi connectivity index (χ1n) is 44.5. The van der Waals surface area contributed by atoms with Gasteiger partial charge in [-0.2, -0.15) is 11.8 Å². The van der Waals surface area contributed by atoms with Gasteiger partial charge in [-0.15, -0.1) is 0 Å². The summed E-state index contributed by atoms with van der Waals surface area (Å²) in [6.07, 6.45) is -13.8. The first-order valence-corrected chi connectivity index (χ1v) is 45.9. The third-order valence-electron chi connectivity index (χ3n) is 23.8. The maximum atomic E-state index is 15.2. The van der Waals surface area contributed by atoms with Gasteiger partial charge < -0.3 is 108 Å². The summed E-state index contributed by atoms with van der Waals surface area (Å²) < 4.78 is 11.4. The molecule has 131 heavy (non-hydrogen) atoms. The minimum absolute atomic E-state index is 0. The Kier molecular flexibility index (Phi) is 39.5. The summed E-state index contributed by atoms with van der Waals surface area (Å²) in [5.41, 5.74) is 3.77. The number of fused-ring (bicyclic) bond motifs is 2. The summed E-state index contributed by atoms with van der Waals surface area (Å²) in [5.74, 6) is -14.1. The van der Waals surface area contributed by atoms with E-state index in [1.165, 1.54) is 30.8 Å². The number of amides is 10. The lowest BCUT2D eigenvalue weighted by atomic mass is 9.86. The Morgan fingerprint density at radius 2 is 1.24 bits per heavy atom. The van der Waals surface area contributed by atoms with Gasteiger partial charge in [0.05, 0.1) is 66.9 Å². The molecule has 0 saturated carbocycles. The minimum Gasteiger partial charge on any atom is -0.506 e. The van der Waals surface area contributed by atoms with Gasteiger partial charge in [0, 0.05) is 64.0 Å². The largest absolute Gasteiger partial charge is 0.506 e. The van der Waals surface area contributed by atoms with E-state index in [4.69, 9.17) is 9.47 Å². The smallest absolute Gasteiger partial charge is 0.408 e. The van der Waals surface area contributed by atoms with E-state index >= 15 is 9.59 Å². The van der Waals surface area contributed by atoms with E-state index < -0.39 is 218 Å². The third kappa shape index (κ3) is 29.5. The number of carbonyl (C=O) groups is 13. The number of benzene rings is 6. The van der Waals surface area contributed by atoms with E-state index in [9.17, 15) is 98.7 Å². The van der Waals surface area contributed by atoms with Gasteiger partial charge in [-0.05, 0) is 146 Å². The molecule has 34 nitrogen and oxygen atoms in total. The van der Waals surface area contributed by atoms with Crippen molar-refractivity contribution in [1.29, 1.82) is 0 Å². The molecule has 3 aliphatic heterocycles. The lowest BCUT2D eigenvalue weighted by molar-refractivity contribution is -0.149. The Hall–Kier alpha value is -11.5. The maximum absolute atomic E-state index is 15.2. The second kappa shape index (κ2) is 50.2. The number of hydrogen-bond acceptors (Lipinski definition) is 25. The highest BCUT2D eigenvalue weighted by molar-refractivity contribution is 7.98. The van der Waals surface area contributed by atoms with Crippen molar-refractivity contribution < 1.29 is 119 Å². The average molecular weight is 1840 g/mol. The van der Waals surface area contributed by atoms with Crippen molar-refractivity contribution in [3.05, 3.63) is 174 Å². The second-order valence-corrected chi connectivity index (χ2v) is 35.4. The van der Waals surface area contributed by atoms with Crippen LogP contribution in [0.3, 0.4) is 0 Å². The summed E-state index contributed by atoms with van der Waals surface area (Å²) >= 11 is 1.50. The molecule has 10 amide bonds. The summed E-state index contributed by atoms with van der Waals surface area (Å²) in [7, 11) is 0. The highest BCUT2D eigenvalue weighted by Gasteiger charge is 2.51. The van der Waals surface area contributed by atoms with Gasteiger partial charge in [-0.3, -0.25) is 57.5 Å². The first-order chi connectivity index (χ1) is 62.6. The van der Waals surface area contributed by atoms with Gasteiger partial charge >= 0.3 is 6.09 Å². The SMILES string of the molecule is CCCCCOc1ccc(-c2ccc(-c3ccc(C(=O)N[C@H]4C[C@@H](O)[C@@H](O)NC(=O)[C@@H]5[C@@H](O)[C@@H](C)CN5C(=O)[C@H]([C@@H](C)O)NC(=O)[C@H]([C@H](O)[C@@H](O)c5ccc(O)c(NC(=O)[C@H](CCCCCC(=O)[C@H](Cc6ccccc6)NC(=O)[C@@H](CC(=O)[C@H](CCSC)NC=O)CC(C)C)NC(=O)OCc6ccccc6)c5)CC(=O)[C@@H]5C[C@@H](O)CN5C(=O)[C@H]([C@@H](C)O)NC4=O)cc3)cc2)cc1.[HH]. The number of rotatable bonds is 40. The number of nitrogens with zero attached hydrogens (tertiary/aromatic N) is 2. The summed E-state index contributed by atoms with van der Waals surface area (Å²) in [6.45, 7) is 8.75. The van der Waals surface area contributed by atoms with Crippen LogP contribution >= 0.6 is 11.8 Å². The molecule has 0 radical (unpaired) electrons. The van der Waals surface area contributed by atoms with Crippen LogP contribution in [0.2, 0.25) is 0 Å². The topological polar surface area (TPSA) is 525 Å². The number of phenols is 1. The zero-order chi connectivity index (χ0) is 95.3. The van der Waals surface area contributed by atoms with Crippen LogP contribution in [0.15, 0.2) is 152 Å². The summed E-state index contributed by atoms with van der Waals surface area (Å²) in [5, 5.41) is 125. The molecule has 0 unspecified atom stereocenters. The van der Waals surface area contributed by atoms with Crippen LogP contribution in [0.4, 0.5) is 10.5 Å². The lowest BCUT2D eigenvalue weighted by Gasteiger charge is -2.33. The number of alkyl carbamates (subject to hydrolysis) is 1. The molecule has 3 saturated heterocycles. The second-order valence-electron chi connectivity index (χ2n) is 34.4. The normalized spacial score (nSPS) is 22.4. The molecule has 710 valence electrons. The van der Waals surface area contributed by atoms with E-state index in [-0.39, 0.29) is 81.6 Å². The standard InChI is InChI=1S/C96H124N10O24S.H2/c1-8-9-19-41-129-68-37-34-63(35-38-68)61-28-26-60(27-29-61)62-30-32-64(33-31-62)87(119)100-74-49-80(115)92(124)104-93(125)83-84(116)55(4)50-106(83)95(127)82(57(6)109)102-89(121)69(48-79(114)75-47-67(110)51-105(75)94(126)81(56(5)108)103-91(74)123)86(118)85(117)65-36-39-77(112)73(45-65)99-90(122)71(101-96(128)130-52-59-22-15-11-16-23-59)24-17-12-18-25-76(111)72(44-58-20-13-10-14-21-58)98-88(120)66(43-54(2)3)46-78(113)70(97-53-107)40-42-131-7;/h10-11,13-16,20-23,26-39,45,53-57,66-67,69-72,74-75,80-86,92,108-110,112,115-118,124H,8-9,12,17-19,24-25,40-44,46-52H2,1-7H3,(H,97,107)(H,98,120)(H,99,122)(H,100,119)(H,101,128)(H,102,121)(H,103,123)(H,104,125);1H/t55-,56+,57+,66+,67+,69-,70-,71-,72-,74-,75-,80+,81-,82-,83-,84-,85-,86-,92+;/m0./s1. The highest BCUT2D eigenvalue weighted by Crippen LogP contribution is 2.35. The molecule has 0 aromatic heterocycles. The third-order valence-corrected chi connectivity index (χ3v) is 24.5. The Labute approximate surface area is 767 Å². The number of unbranched alkanes of at least 4 members (excludes halogenated alkanes) is 4. The van der Waals surface area contributed by atoms with Crippen LogP contribution in [-0.4, -0.2) is 256 Å². The number of anilines is 1. The number of phenolic OH excluding ortho intramolecular Hbond substituents is 1. The number of aromatic hydroxyl groups is 1. The number of nitrogens with one attached hydrogen (secondary N) is 8. The van der Waals surface area contributed by atoms with Crippen molar-refractivity contribution in [3.63, 3.8) is 0 Å². The van der Waals surface area contributed by atoms with Crippen LogP contribution in [0.5, 0.6) is 11.5 Å². The van der Waals surface area contributed by atoms with Gasteiger partial charge in [0.1, 0.15) is 60.5 Å². The molecule has 0 aliphatic carbocycles. The number of ketones is 3. The van der Waals surface area contributed by atoms with Crippen molar-refractivity contribution in [3.8, 4) is 33.8 Å². The molecule has 35 heteroatoms. The zero-order valence-electron chi connectivity index (χ0n) is 74.7. The van der Waals surface area contributed by atoms with Crippen LogP contribution in [-0.2, 0) is 70.5 Å². The molecule has 0 bridgehead atoms. The molecule has 9 rings (SSSR count). The van der Waals surface area contributed by atoms with Gasteiger partial charge in [-0.25, -0.2) is 4.79 Å². The van der Waals surface area contributed by atoms with Gasteiger partial charge in [0.2, 0.25) is 47.8 Å². The van der Waals surface area contributed by atoms with E-state index in [1.54, 1.807) is 72.8 Å². The molecular weight excluding hydrogens is 1710 g/mol. The molecule has 3 aliphatic rings. The average Bonchev–Trinajstić information content (AvgIpc) is 1.65. The van der Waals surface area contributed by atoms with Crippen LogP contribution < -0.4 is 47.3 Å². The fourth-order valence-corrected chi connectivity index (χ4v) is 16.8. The number of carbonyl (C=O) groups excluding carboxylic acids is 13. The fraction of sp³-hybridized carbons (Fsp3) is 0.490. The van der Waals surface area contributed by atoms with E-state index in [0.29, 0.717) is 42.7 Å².